The SMILES string of the molecule is CC/C(=C\c1cc(C)c(O)c(C)c1)CC[C@H]1OB(O)C[C@H]2C1=C(COc1ccccc1)C[C@H]1C(=O)N(c3cc(C(F)(F)F)cc(C(F)(F)F)c3)C(=O)[C@H]12. The number of aromatic hydroxyl groups is 1. The van der Waals surface area contributed by atoms with E-state index in [-0.39, 0.29) is 31.2 Å². The Morgan fingerprint density at radius 2 is 1.57 bits per heavy atom. The fraction of sp³-hybridized carbons (Fsp3) is 0.385. The van der Waals surface area contributed by atoms with Crippen LogP contribution in [0.3, 0.4) is 0 Å². The summed E-state index contributed by atoms with van der Waals surface area (Å²) in [6, 6.07) is 13.3. The molecule has 0 saturated carbocycles. The third-order valence-electron chi connectivity index (χ3n) is 10.4. The number of allylic oxidation sites excluding steroid dienone is 1. The van der Waals surface area contributed by atoms with E-state index in [2.05, 4.69) is 0 Å². The van der Waals surface area contributed by atoms with Crippen LogP contribution in [-0.4, -0.2) is 41.8 Å². The van der Waals surface area contributed by atoms with Crippen LogP contribution in [0.5, 0.6) is 11.5 Å². The molecule has 2 fully saturated rings. The number of anilines is 1. The Hall–Kier alpha value is -4.56. The van der Waals surface area contributed by atoms with Crippen molar-refractivity contribution in [3.63, 3.8) is 0 Å². The van der Waals surface area contributed by atoms with Crippen LogP contribution in [0.2, 0.25) is 6.32 Å². The molecule has 0 spiro atoms. The minimum atomic E-state index is -5.19. The first-order chi connectivity index (χ1) is 25.0. The minimum absolute atomic E-state index is 0.0270. The summed E-state index contributed by atoms with van der Waals surface area (Å²) < 4.78 is 94.9. The summed E-state index contributed by atoms with van der Waals surface area (Å²) in [5.74, 6) is -4.20. The highest BCUT2D eigenvalue weighted by atomic mass is 19.4. The lowest BCUT2D eigenvalue weighted by Crippen LogP contribution is -2.46. The fourth-order valence-corrected chi connectivity index (χ4v) is 7.88. The number of aryl methyl sites for hydroxylation is 2. The number of amides is 2. The summed E-state index contributed by atoms with van der Waals surface area (Å²) in [6.07, 6.45) is -7.72. The predicted octanol–water partition coefficient (Wildman–Crippen LogP) is 8.70. The van der Waals surface area contributed by atoms with Crippen LogP contribution < -0.4 is 9.64 Å². The number of halogens is 6. The van der Waals surface area contributed by atoms with Gasteiger partial charge in [-0.2, -0.15) is 26.3 Å². The molecule has 0 radical (unpaired) electrons. The number of phenols is 1. The molecule has 1 aliphatic carbocycles. The molecule has 4 atom stereocenters. The van der Waals surface area contributed by atoms with Crippen molar-refractivity contribution in [2.24, 2.45) is 17.8 Å². The molecular weight excluding hydrogens is 703 g/mol. The Labute approximate surface area is 303 Å². The van der Waals surface area contributed by atoms with Gasteiger partial charge in [0.1, 0.15) is 18.1 Å². The van der Waals surface area contributed by atoms with E-state index in [0.29, 0.717) is 53.2 Å². The molecule has 3 aromatic carbocycles. The fourth-order valence-electron chi connectivity index (χ4n) is 7.88. The van der Waals surface area contributed by atoms with E-state index in [1.54, 1.807) is 30.3 Å². The monoisotopic (exact) mass is 741 g/mol. The van der Waals surface area contributed by atoms with Gasteiger partial charge >= 0.3 is 19.5 Å². The first-order valence-electron chi connectivity index (χ1n) is 17.4. The normalized spacial score (nSPS) is 22.3. The molecule has 3 aromatic rings. The van der Waals surface area contributed by atoms with E-state index in [9.17, 15) is 46.1 Å². The third kappa shape index (κ3) is 7.89. The van der Waals surface area contributed by atoms with Gasteiger partial charge in [-0.15, -0.1) is 0 Å². The average Bonchev–Trinajstić information content (AvgIpc) is 3.35. The smallest absolute Gasteiger partial charge is 0.455 e. The van der Waals surface area contributed by atoms with Crippen LogP contribution in [0, 0.1) is 31.6 Å². The van der Waals surface area contributed by atoms with Crippen molar-refractivity contribution in [3.05, 3.63) is 105 Å². The molecular formula is C39H38BF6NO6. The predicted molar refractivity (Wildman–Crippen MR) is 186 cm³/mol. The highest BCUT2D eigenvalue weighted by molar-refractivity contribution is 6.43. The Morgan fingerprint density at radius 3 is 2.15 bits per heavy atom. The van der Waals surface area contributed by atoms with E-state index in [0.717, 1.165) is 22.3 Å². The average molecular weight is 742 g/mol. The number of benzene rings is 3. The number of imide groups is 1. The molecule has 7 nitrogen and oxygen atoms in total. The van der Waals surface area contributed by atoms with Crippen molar-refractivity contribution in [3.8, 4) is 11.5 Å². The van der Waals surface area contributed by atoms with Crippen LogP contribution in [-0.2, 0) is 26.6 Å². The van der Waals surface area contributed by atoms with Crippen molar-refractivity contribution in [2.75, 3.05) is 11.5 Å². The van der Waals surface area contributed by atoms with Crippen molar-refractivity contribution in [1.82, 2.24) is 0 Å². The van der Waals surface area contributed by atoms with Crippen LogP contribution in [0.1, 0.15) is 60.4 Å². The number of rotatable bonds is 9. The summed E-state index contributed by atoms with van der Waals surface area (Å²) in [5, 5.41) is 21.2. The number of hydrogen-bond donors (Lipinski definition) is 2. The van der Waals surface area contributed by atoms with Gasteiger partial charge in [0, 0.05) is 0 Å². The van der Waals surface area contributed by atoms with Gasteiger partial charge in [-0.05, 0) is 122 Å². The minimum Gasteiger partial charge on any atom is -0.507 e. The first kappa shape index (κ1) is 38.2. The van der Waals surface area contributed by atoms with E-state index in [1.807, 2.05) is 39.0 Å². The molecule has 2 amide bonds. The number of fused-ring (bicyclic) bond motifs is 3. The van der Waals surface area contributed by atoms with Crippen LogP contribution >= 0.6 is 0 Å². The topological polar surface area (TPSA) is 96.3 Å². The van der Waals surface area contributed by atoms with Gasteiger partial charge in [0.05, 0.1) is 34.8 Å². The molecule has 2 N–H and O–H groups in total. The molecule has 2 aliphatic heterocycles. The van der Waals surface area contributed by atoms with Gasteiger partial charge in [0.2, 0.25) is 11.8 Å². The van der Waals surface area contributed by atoms with Gasteiger partial charge in [-0.25, -0.2) is 4.90 Å². The van der Waals surface area contributed by atoms with Crippen molar-refractivity contribution in [2.45, 2.75) is 71.2 Å². The number of ether oxygens (including phenoxy) is 1. The second-order valence-electron chi connectivity index (χ2n) is 13.9. The zero-order valence-electron chi connectivity index (χ0n) is 29.2. The van der Waals surface area contributed by atoms with E-state index in [4.69, 9.17) is 9.39 Å². The summed E-state index contributed by atoms with van der Waals surface area (Å²) in [4.78, 5) is 28.6. The number of hydrogen-bond acceptors (Lipinski definition) is 6. The van der Waals surface area contributed by atoms with E-state index >= 15 is 0 Å². The Morgan fingerprint density at radius 1 is 0.943 bits per heavy atom. The molecule has 0 unspecified atom stereocenters. The molecule has 2 saturated heterocycles. The third-order valence-corrected chi connectivity index (χ3v) is 10.4. The zero-order chi connectivity index (χ0) is 38.4. The lowest BCUT2D eigenvalue weighted by atomic mass is 9.58. The molecule has 14 heteroatoms. The van der Waals surface area contributed by atoms with Gasteiger partial charge in [0.15, 0.2) is 0 Å². The molecule has 3 aliphatic rings. The summed E-state index contributed by atoms with van der Waals surface area (Å²) in [6.45, 7) is 5.58. The maximum atomic E-state index is 14.2. The van der Waals surface area contributed by atoms with E-state index < -0.39 is 72.0 Å². The molecule has 6 rings (SSSR count). The lowest BCUT2D eigenvalue weighted by molar-refractivity contribution is -0.143. The summed E-state index contributed by atoms with van der Waals surface area (Å²) in [7, 11) is -1.36. The number of phenolic OH excluding ortho intramolecular Hbond substituents is 1. The van der Waals surface area contributed by atoms with Crippen molar-refractivity contribution >= 4 is 30.7 Å². The summed E-state index contributed by atoms with van der Waals surface area (Å²) in [5.41, 5.74) is 0.531. The van der Waals surface area contributed by atoms with Gasteiger partial charge in [-0.3, -0.25) is 9.59 Å². The van der Waals surface area contributed by atoms with Crippen LogP contribution in [0.25, 0.3) is 6.08 Å². The second-order valence-corrected chi connectivity index (χ2v) is 13.9. The molecule has 0 bridgehead atoms. The number of carbonyl (C=O) groups is 2. The first-order valence-corrected chi connectivity index (χ1v) is 17.4. The summed E-state index contributed by atoms with van der Waals surface area (Å²) >= 11 is 0. The quantitative estimate of drug-likeness (QED) is 0.0987. The van der Waals surface area contributed by atoms with Crippen molar-refractivity contribution in [1.29, 1.82) is 0 Å². The Bertz CT molecular complexity index is 1900. The van der Waals surface area contributed by atoms with E-state index in [1.165, 1.54) is 0 Å². The maximum absolute atomic E-state index is 14.2. The Kier molecular flexibility index (Phi) is 10.6. The lowest BCUT2D eigenvalue weighted by Gasteiger charge is -2.43. The molecule has 280 valence electrons. The Balaban J connectivity index is 1.37. The molecule has 2 heterocycles. The van der Waals surface area contributed by atoms with Gasteiger partial charge in [0.25, 0.3) is 0 Å². The molecule has 0 aromatic heterocycles. The largest absolute Gasteiger partial charge is 0.507 e. The number of para-hydroxylation sites is 1. The van der Waals surface area contributed by atoms with Gasteiger partial charge in [-0.1, -0.05) is 36.8 Å². The number of alkyl halides is 6. The number of carbonyl (C=O) groups excluding carboxylic acids is 2. The highest BCUT2D eigenvalue weighted by Crippen LogP contribution is 2.52. The van der Waals surface area contributed by atoms with Crippen LogP contribution in [0.4, 0.5) is 32.0 Å². The van der Waals surface area contributed by atoms with Crippen molar-refractivity contribution < 1.29 is 55.5 Å². The second kappa shape index (κ2) is 14.7. The highest BCUT2D eigenvalue weighted by Gasteiger charge is 2.58. The van der Waals surface area contributed by atoms with Gasteiger partial charge < -0.3 is 19.5 Å². The molecule has 53 heavy (non-hydrogen) atoms. The standard InChI is InChI=1S/C39H38BF6NO6/c1-4-23(14-24-12-21(2)35(48)22(3)13-24)10-11-32-33-25(20-52-29-8-6-5-7-9-29)15-30-34(31(33)19-40(51)53-32)37(50)47(36(30)49)28-17-26(38(41,42)43)16-27(18-28)39(44,45)46/h5-9,12-14,16-18,30-32,34,48,51H,4,10-11,15,19-20H2,1-3H3/b23-14+/t30-,31+,32-,34-/m1/s1. The van der Waals surface area contributed by atoms with Crippen LogP contribution in [0.15, 0.2) is 77.4 Å². The zero-order valence-corrected chi connectivity index (χ0v) is 29.2. The maximum Gasteiger partial charge on any atom is 0.455 e. The number of nitrogens with zero attached hydrogens (tertiary/aromatic N) is 1.